The summed E-state index contributed by atoms with van der Waals surface area (Å²) in [6.45, 7) is 7.95. The van der Waals surface area contributed by atoms with E-state index in [0.717, 1.165) is 13.1 Å². The average molecular weight is 490 g/mol. The van der Waals surface area contributed by atoms with E-state index in [1.165, 1.54) is 77.0 Å². The molecule has 0 fully saturated rings. The molecule has 2 heterocycles. The number of aromatic nitrogens is 4. The highest BCUT2D eigenvalue weighted by molar-refractivity contribution is 4.68. The predicted octanol–water partition coefficient (Wildman–Crippen LogP) is -1.35. The zero-order valence-corrected chi connectivity index (χ0v) is 21.9. The molecule has 0 aromatic carbocycles. The molecule has 0 aliphatic carbocycles. The van der Waals surface area contributed by atoms with Gasteiger partial charge in [-0.3, -0.25) is 0 Å². The second-order valence-electron chi connectivity index (χ2n) is 8.89. The average Bonchev–Trinajstić information content (AvgIpc) is 3.36. The zero-order valence-electron chi connectivity index (χ0n) is 20.3. The van der Waals surface area contributed by atoms with E-state index in [2.05, 4.69) is 69.6 Å². The molecule has 2 aromatic rings. The third kappa shape index (κ3) is 13.5. The van der Waals surface area contributed by atoms with Crippen LogP contribution in [-0.4, -0.2) is 20.3 Å². The Morgan fingerprint density at radius 1 is 0.625 bits per heavy atom. The van der Waals surface area contributed by atoms with Crippen molar-refractivity contribution in [2.24, 2.45) is 0 Å². The van der Waals surface area contributed by atoms with Gasteiger partial charge in [0, 0.05) is 0 Å². The lowest BCUT2D eigenvalue weighted by atomic mass is 10.1. The van der Waals surface area contributed by atoms with Crippen LogP contribution in [0.5, 0.6) is 0 Å². The van der Waals surface area contributed by atoms with Gasteiger partial charge in [-0.1, -0.05) is 65.2 Å². The van der Waals surface area contributed by atoms with Crippen LogP contribution >= 0.6 is 0 Å². The van der Waals surface area contributed by atoms with Crippen molar-refractivity contribution >= 4 is 0 Å². The fourth-order valence-corrected chi connectivity index (χ4v) is 4.05. The lowest BCUT2D eigenvalue weighted by molar-refractivity contribution is -0.737. The molecule has 32 heavy (non-hydrogen) atoms. The van der Waals surface area contributed by atoms with Crippen LogP contribution in [0.1, 0.15) is 90.9 Å². The Labute approximate surface area is 208 Å². The van der Waals surface area contributed by atoms with E-state index in [-0.39, 0.29) is 30.9 Å². The number of halogens is 2. The Morgan fingerprint density at radius 3 is 1.41 bits per heavy atom. The second kappa shape index (κ2) is 19.4. The van der Waals surface area contributed by atoms with Crippen LogP contribution in [0.4, 0.5) is 0 Å². The van der Waals surface area contributed by atoms with Crippen LogP contribution in [-0.2, 0) is 26.2 Å². The Kier molecular flexibility index (Phi) is 18.8. The number of hydrogen-bond acceptors (Lipinski definition) is 1. The smallest absolute Gasteiger partial charge is 0.243 e. The molecule has 2 rings (SSSR count). The molecule has 7 heteroatoms. The van der Waals surface area contributed by atoms with E-state index in [9.17, 15) is 5.11 Å². The molecule has 0 aliphatic heterocycles. The van der Waals surface area contributed by atoms with E-state index in [1.807, 2.05) is 0 Å². The summed E-state index contributed by atoms with van der Waals surface area (Å²) in [5.41, 5.74) is 0. The molecule has 186 valence electrons. The fourth-order valence-electron chi connectivity index (χ4n) is 4.05. The molecular weight excluding hydrogens is 443 g/mol. The van der Waals surface area contributed by atoms with Gasteiger partial charge in [-0.05, 0) is 25.7 Å². The van der Waals surface area contributed by atoms with E-state index < -0.39 is 0 Å². The number of rotatable bonds is 18. The quantitative estimate of drug-likeness (QED) is 0.204. The predicted molar refractivity (Wildman–Crippen MR) is 122 cm³/mol. The minimum absolute atomic E-state index is 0. The highest BCUT2D eigenvalue weighted by Crippen LogP contribution is 2.07. The minimum atomic E-state index is -0.380. The number of nitrogens with zero attached hydrogens (tertiary/aromatic N) is 4. The topological polar surface area (TPSA) is 37.9 Å². The molecule has 0 atom stereocenters. The molecule has 2 aromatic heterocycles. The first-order valence-electron chi connectivity index (χ1n) is 12.5. The molecule has 0 spiro atoms. The fraction of sp³-hybridized carbons (Fsp3) is 0.760. The van der Waals surface area contributed by atoms with Crippen LogP contribution < -0.4 is 33.9 Å². The zero-order chi connectivity index (χ0) is 21.4. The lowest BCUT2D eigenvalue weighted by Crippen LogP contribution is -3.00. The molecule has 0 saturated heterocycles. The Hall–Kier alpha value is -1.04. The Morgan fingerprint density at radius 2 is 1.00 bits per heavy atom. The number of aryl methyl sites for hydroxylation is 2. The molecule has 0 saturated carbocycles. The maximum absolute atomic E-state index is 10.5. The Balaban J connectivity index is 0.00000480. The summed E-state index contributed by atoms with van der Waals surface area (Å²) in [4.78, 5) is 0. The molecular formula is C25H46Cl2N4O. The van der Waals surface area contributed by atoms with Crippen molar-refractivity contribution in [2.75, 3.05) is 0 Å². The molecule has 5 nitrogen and oxygen atoms in total. The van der Waals surface area contributed by atoms with E-state index in [1.54, 1.807) is 0 Å². The van der Waals surface area contributed by atoms with E-state index in [0.29, 0.717) is 13.1 Å². The maximum atomic E-state index is 10.5. The monoisotopic (exact) mass is 488 g/mol. The summed E-state index contributed by atoms with van der Waals surface area (Å²) in [5, 5.41) is 10.5. The standard InChI is InChI=1S/C25H46N4O.2ClH/c1-3-5-7-9-11-13-15-26-17-19-28(23-26)21-25(30)22-29-20-18-27(24-29)16-14-12-10-8-6-4-2;;/h17-20,23-25,30H,3-16,21-22H2,1-2H3;2*1H/q+2;;/p-2. The summed E-state index contributed by atoms with van der Waals surface area (Å²) < 4.78 is 8.71. The maximum Gasteiger partial charge on any atom is 0.243 e. The van der Waals surface area contributed by atoms with Gasteiger partial charge >= 0.3 is 0 Å². The van der Waals surface area contributed by atoms with Crippen molar-refractivity contribution in [3.8, 4) is 0 Å². The normalized spacial score (nSPS) is 10.9. The van der Waals surface area contributed by atoms with Crippen LogP contribution in [0, 0.1) is 0 Å². The van der Waals surface area contributed by atoms with Crippen molar-refractivity contribution in [1.82, 2.24) is 9.13 Å². The van der Waals surface area contributed by atoms with Gasteiger partial charge in [-0.15, -0.1) is 0 Å². The summed E-state index contributed by atoms with van der Waals surface area (Å²) in [6, 6.07) is 0. The van der Waals surface area contributed by atoms with Crippen LogP contribution in [0.25, 0.3) is 0 Å². The second-order valence-corrected chi connectivity index (χ2v) is 8.89. The van der Waals surface area contributed by atoms with E-state index in [4.69, 9.17) is 0 Å². The summed E-state index contributed by atoms with van der Waals surface area (Å²) in [6.07, 6.45) is 28.2. The van der Waals surface area contributed by atoms with Gasteiger partial charge in [0.05, 0.1) is 13.1 Å². The highest BCUT2D eigenvalue weighted by atomic mass is 35.5. The van der Waals surface area contributed by atoms with Gasteiger partial charge in [-0.2, -0.15) is 0 Å². The first-order chi connectivity index (χ1) is 14.7. The van der Waals surface area contributed by atoms with E-state index >= 15 is 0 Å². The van der Waals surface area contributed by atoms with Gasteiger partial charge in [-0.25, -0.2) is 18.3 Å². The summed E-state index contributed by atoms with van der Waals surface area (Å²) >= 11 is 0. The number of aliphatic hydroxyl groups is 1. The highest BCUT2D eigenvalue weighted by Gasteiger charge is 2.14. The van der Waals surface area contributed by atoms with Crippen LogP contribution in [0.3, 0.4) is 0 Å². The lowest BCUT2D eigenvalue weighted by Gasteiger charge is -2.05. The first-order valence-corrected chi connectivity index (χ1v) is 12.5. The third-order valence-electron chi connectivity index (χ3n) is 5.88. The number of unbranched alkanes of at least 4 members (excludes halogenated alkanes) is 10. The summed E-state index contributed by atoms with van der Waals surface area (Å²) in [5.74, 6) is 0. The van der Waals surface area contributed by atoms with Gasteiger partial charge in [0.15, 0.2) is 0 Å². The van der Waals surface area contributed by atoms with Crippen molar-refractivity contribution in [3.05, 3.63) is 37.4 Å². The molecule has 0 bridgehead atoms. The molecule has 0 aliphatic rings. The Bertz CT molecular complexity index is 618. The molecule has 0 radical (unpaired) electrons. The van der Waals surface area contributed by atoms with Crippen LogP contribution in [0.15, 0.2) is 37.4 Å². The summed E-state index contributed by atoms with van der Waals surface area (Å²) in [7, 11) is 0. The number of aliphatic hydroxyl groups excluding tert-OH is 1. The first kappa shape index (κ1) is 31.0. The third-order valence-corrected chi connectivity index (χ3v) is 5.88. The van der Waals surface area contributed by atoms with Gasteiger partial charge in [0.25, 0.3) is 0 Å². The van der Waals surface area contributed by atoms with Gasteiger partial charge in [0.1, 0.15) is 44.0 Å². The SMILES string of the molecule is CCCCCCCCn1cc[n+](CC(O)C[n+]2ccn(CCCCCCCC)c2)c1.[Cl-].[Cl-]. The molecule has 0 unspecified atom stereocenters. The van der Waals surface area contributed by atoms with Gasteiger partial charge < -0.3 is 29.9 Å². The van der Waals surface area contributed by atoms with Crippen molar-refractivity contribution in [1.29, 1.82) is 0 Å². The largest absolute Gasteiger partial charge is 1.00 e. The molecule has 0 amide bonds. The molecule has 1 N–H and O–H groups in total. The van der Waals surface area contributed by atoms with Gasteiger partial charge in [0.2, 0.25) is 12.7 Å². The number of imidazole rings is 2. The van der Waals surface area contributed by atoms with Crippen molar-refractivity contribution < 1.29 is 39.1 Å². The van der Waals surface area contributed by atoms with Crippen LogP contribution in [0.2, 0.25) is 0 Å². The minimum Gasteiger partial charge on any atom is -1.00 e. The van der Waals surface area contributed by atoms with Crippen molar-refractivity contribution in [3.63, 3.8) is 0 Å². The number of hydrogen-bond donors (Lipinski definition) is 1. The van der Waals surface area contributed by atoms with Crippen molar-refractivity contribution in [2.45, 2.75) is 123 Å².